The van der Waals surface area contributed by atoms with Crippen LogP contribution in [0.5, 0.6) is 11.5 Å². The van der Waals surface area contributed by atoms with Gasteiger partial charge in [0, 0.05) is 31.8 Å². The minimum atomic E-state index is -0.680. The Labute approximate surface area is 198 Å². The van der Waals surface area contributed by atoms with Crippen LogP contribution in [-0.2, 0) is 20.8 Å². The number of esters is 2. The predicted molar refractivity (Wildman–Crippen MR) is 125 cm³/mol. The highest BCUT2D eigenvalue weighted by molar-refractivity contribution is 5.92. The topological polar surface area (TPSA) is 103 Å². The Hall–Kier alpha value is -3.16. The minimum absolute atomic E-state index is 0.000982. The highest BCUT2D eigenvalue weighted by Crippen LogP contribution is 2.52. The SMILES string of the molecule is CC(=O)Oc1ccc2c(C)c(CC(=O)N3CC4(C)CC3CC(C)(C)C4)c(=O)oc2c1OC(C)=O. The van der Waals surface area contributed by atoms with E-state index in [1.165, 1.54) is 19.9 Å². The van der Waals surface area contributed by atoms with E-state index < -0.39 is 17.6 Å². The fraction of sp³-hybridized carbons (Fsp3) is 0.538. The number of amides is 1. The monoisotopic (exact) mass is 469 g/mol. The normalized spacial score (nSPS) is 23.1. The van der Waals surface area contributed by atoms with Crippen LogP contribution in [0.15, 0.2) is 21.3 Å². The van der Waals surface area contributed by atoms with E-state index >= 15 is 0 Å². The number of fused-ring (bicyclic) bond motifs is 3. The first-order chi connectivity index (χ1) is 15.8. The van der Waals surface area contributed by atoms with E-state index in [4.69, 9.17) is 13.9 Å². The number of aryl methyl sites for hydroxylation is 1. The summed E-state index contributed by atoms with van der Waals surface area (Å²) in [6, 6.07) is 3.28. The molecule has 0 spiro atoms. The Morgan fingerprint density at radius 2 is 1.76 bits per heavy atom. The van der Waals surface area contributed by atoms with Crippen molar-refractivity contribution in [2.75, 3.05) is 6.54 Å². The van der Waals surface area contributed by atoms with Gasteiger partial charge in [-0.1, -0.05) is 20.8 Å². The van der Waals surface area contributed by atoms with E-state index in [9.17, 15) is 19.2 Å². The van der Waals surface area contributed by atoms with Crippen LogP contribution in [-0.4, -0.2) is 35.3 Å². The summed E-state index contributed by atoms with van der Waals surface area (Å²) in [5.41, 5.74) is 0.432. The van der Waals surface area contributed by atoms with Crippen LogP contribution >= 0.6 is 0 Å². The van der Waals surface area contributed by atoms with Gasteiger partial charge in [-0.05, 0) is 54.7 Å². The van der Waals surface area contributed by atoms with Gasteiger partial charge in [-0.15, -0.1) is 0 Å². The second-order valence-electron chi connectivity index (χ2n) is 10.9. The molecule has 8 heteroatoms. The molecule has 34 heavy (non-hydrogen) atoms. The quantitative estimate of drug-likeness (QED) is 0.380. The largest absolute Gasteiger partial charge is 0.423 e. The van der Waals surface area contributed by atoms with Crippen molar-refractivity contribution in [1.82, 2.24) is 4.90 Å². The maximum Gasteiger partial charge on any atom is 0.340 e. The van der Waals surface area contributed by atoms with Gasteiger partial charge in [0.2, 0.25) is 11.7 Å². The third kappa shape index (κ3) is 4.45. The summed E-state index contributed by atoms with van der Waals surface area (Å²) in [6.07, 6.45) is 2.94. The zero-order chi connectivity index (χ0) is 25.0. The van der Waals surface area contributed by atoms with Crippen LogP contribution in [0.25, 0.3) is 11.0 Å². The first-order valence-corrected chi connectivity index (χ1v) is 11.5. The van der Waals surface area contributed by atoms with E-state index in [2.05, 4.69) is 20.8 Å². The van der Waals surface area contributed by atoms with Crippen molar-refractivity contribution >= 4 is 28.8 Å². The minimum Gasteiger partial charge on any atom is -0.423 e. The van der Waals surface area contributed by atoms with Gasteiger partial charge in [0.05, 0.1) is 12.0 Å². The van der Waals surface area contributed by atoms with E-state index in [0.29, 0.717) is 17.5 Å². The number of likely N-dealkylation sites (tertiary alicyclic amines) is 1. The third-order valence-electron chi connectivity index (χ3n) is 6.94. The lowest BCUT2D eigenvalue weighted by atomic mass is 9.65. The van der Waals surface area contributed by atoms with E-state index in [1.807, 2.05) is 4.90 Å². The highest BCUT2D eigenvalue weighted by atomic mass is 16.6. The van der Waals surface area contributed by atoms with Crippen molar-refractivity contribution in [3.63, 3.8) is 0 Å². The van der Waals surface area contributed by atoms with Crippen LogP contribution in [0, 0.1) is 17.8 Å². The summed E-state index contributed by atoms with van der Waals surface area (Å²) in [7, 11) is 0. The molecule has 8 nitrogen and oxygen atoms in total. The molecule has 182 valence electrons. The highest BCUT2D eigenvalue weighted by Gasteiger charge is 2.50. The lowest BCUT2D eigenvalue weighted by molar-refractivity contribution is -0.134. The Bertz CT molecular complexity index is 1260. The molecule has 1 amide bonds. The maximum absolute atomic E-state index is 13.4. The number of hydrogen-bond donors (Lipinski definition) is 0. The van der Waals surface area contributed by atoms with Gasteiger partial charge in [-0.3, -0.25) is 14.4 Å². The number of carbonyl (C=O) groups excluding carboxylic acids is 3. The summed E-state index contributed by atoms with van der Waals surface area (Å²) < 4.78 is 15.9. The lowest BCUT2D eigenvalue weighted by Crippen LogP contribution is -2.39. The number of nitrogens with zero attached hydrogens (tertiary/aromatic N) is 1. The Morgan fingerprint density at radius 1 is 1.09 bits per heavy atom. The molecule has 1 aromatic carbocycles. The summed E-state index contributed by atoms with van der Waals surface area (Å²) in [5, 5.41) is 0.503. The molecule has 1 saturated carbocycles. The molecule has 2 aromatic rings. The molecule has 0 radical (unpaired) electrons. The van der Waals surface area contributed by atoms with Crippen molar-refractivity contribution in [1.29, 1.82) is 0 Å². The van der Waals surface area contributed by atoms with Crippen LogP contribution < -0.4 is 15.1 Å². The van der Waals surface area contributed by atoms with E-state index in [-0.39, 0.29) is 51.8 Å². The van der Waals surface area contributed by atoms with Gasteiger partial charge in [0.1, 0.15) is 0 Å². The van der Waals surface area contributed by atoms with Crippen molar-refractivity contribution in [3.05, 3.63) is 33.7 Å². The molecule has 2 unspecified atom stereocenters. The zero-order valence-corrected chi connectivity index (χ0v) is 20.6. The summed E-state index contributed by atoms with van der Waals surface area (Å²) in [6.45, 7) is 11.6. The molecular formula is C26H31NO7. The van der Waals surface area contributed by atoms with E-state index in [1.54, 1.807) is 13.0 Å². The zero-order valence-electron chi connectivity index (χ0n) is 20.6. The van der Waals surface area contributed by atoms with Gasteiger partial charge in [-0.2, -0.15) is 0 Å². The van der Waals surface area contributed by atoms with Crippen LogP contribution in [0.2, 0.25) is 0 Å². The van der Waals surface area contributed by atoms with Gasteiger partial charge >= 0.3 is 17.6 Å². The average molecular weight is 470 g/mol. The first-order valence-electron chi connectivity index (χ1n) is 11.5. The molecule has 2 atom stereocenters. The number of benzene rings is 1. The summed E-state index contributed by atoms with van der Waals surface area (Å²) in [5.74, 6) is -1.51. The van der Waals surface area contributed by atoms with Crippen LogP contribution in [0.4, 0.5) is 0 Å². The average Bonchev–Trinajstić information content (AvgIpc) is 2.95. The number of hydrogen-bond acceptors (Lipinski definition) is 7. The number of ether oxygens (including phenoxy) is 2. The van der Waals surface area contributed by atoms with Gasteiger partial charge in [-0.25, -0.2) is 4.79 Å². The second kappa shape index (κ2) is 8.25. The number of rotatable bonds is 4. The molecule has 0 N–H and O–H groups in total. The maximum atomic E-state index is 13.4. The third-order valence-corrected chi connectivity index (χ3v) is 6.94. The molecule has 2 heterocycles. The molecule has 1 aliphatic carbocycles. The molecule has 2 bridgehead atoms. The summed E-state index contributed by atoms with van der Waals surface area (Å²) >= 11 is 0. The number of carbonyl (C=O) groups is 3. The van der Waals surface area contributed by atoms with Crippen molar-refractivity contribution in [3.8, 4) is 11.5 Å². The molecule has 1 aliphatic heterocycles. The fourth-order valence-electron chi connectivity index (χ4n) is 6.10. The molecule has 2 aliphatic rings. The smallest absolute Gasteiger partial charge is 0.340 e. The Balaban J connectivity index is 1.70. The first kappa shape index (κ1) is 24.0. The standard InChI is InChI=1S/C26H31NO7/c1-14-18-7-8-20(32-15(2)28)23(33-16(3)29)22(18)34-24(31)19(14)9-21(30)27-13-26(6)11-17(27)10-25(4,5)12-26/h7-8,17H,9-13H2,1-6H3. The van der Waals surface area contributed by atoms with Crippen molar-refractivity contribution in [2.45, 2.75) is 73.3 Å². The Morgan fingerprint density at radius 3 is 2.41 bits per heavy atom. The van der Waals surface area contributed by atoms with Gasteiger partial charge in [0.25, 0.3) is 0 Å². The van der Waals surface area contributed by atoms with Crippen LogP contribution in [0.1, 0.15) is 65.0 Å². The predicted octanol–water partition coefficient (Wildman–Crippen LogP) is 3.92. The van der Waals surface area contributed by atoms with Gasteiger partial charge < -0.3 is 18.8 Å². The molecule has 1 saturated heterocycles. The van der Waals surface area contributed by atoms with E-state index in [0.717, 1.165) is 19.3 Å². The molecule has 2 fully saturated rings. The van der Waals surface area contributed by atoms with Crippen molar-refractivity contribution < 1.29 is 28.3 Å². The fourth-order valence-corrected chi connectivity index (χ4v) is 6.10. The summed E-state index contributed by atoms with van der Waals surface area (Å²) in [4.78, 5) is 51.4. The Kier molecular flexibility index (Phi) is 5.82. The lowest BCUT2D eigenvalue weighted by Gasteiger charge is -2.39. The molecular weight excluding hydrogens is 438 g/mol. The van der Waals surface area contributed by atoms with Crippen molar-refractivity contribution in [2.24, 2.45) is 10.8 Å². The van der Waals surface area contributed by atoms with Gasteiger partial charge in [0.15, 0.2) is 11.3 Å². The van der Waals surface area contributed by atoms with Crippen LogP contribution in [0.3, 0.4) is 0 Å². The molecule has 4 rings (SSSR count). The molecule has 1 aromatic heterocycles. The second-order valence-corrected chi connectivity index (χ2v) is 10.9.